The molecule has 0 N–H and O–H groups in total. The number of likely N-dealkylation sites (tertiary alicyclic amines) is 1. The molecule has 1 fully saturated rings. The summed E-state index contributed by atoms with van der Waals surface area (Å²) < 4.78 is 24.3. The molecule has 3 heterocycles. The maximum Gasteiger partial charge on any atom is 0.410 e. The van der Waals surface area contributed by atoms with E-state index in [1.54, 1.807) is 19.9 Å². The molecule has 11 nitrogen and oxygen atoms in total. The summed E-state index contributed by atoms with van der Waals surface area (Å²) in [5, 5.41) is 4.45. The second-order valence-corrected chi connectivity index (χ2v) is 14.3. The SMILES string of the molecule is CCc1cc(O[C@H]2CCc3cccc(-c4cccc(-n5nc(OC(=O)Cl)c(C(=O)OC(C)C)c5CC)n4)c32)ccc1C1CCN(C(=O)OC(C)C)CC1. The van der Waals surface area contributed by atoms with E-state index >= 15 is 0 Å². The summed E-state index contributed by atoms with van der Waals surface area (Å²) in [7, 11) is 0. The number of aromatic nitrogens is 3. The van der Waals surface area contributed by atoms with Gasteiger partial charge in [0.25, 0.3) is 5.88 Å². The summed E-state index contributed by atoms with van der Waals surface area (Å²) >= 11 is 5.56. The maximum absolute atomic E-state index is 13.1. The summed E-state index contributed by atoms with van der Waals surface area (Å²) in [4.78, 5) is 44.1. The molecule has 2 aromatic heterocycles. The number of amides is 1. The van der Waals surface area contributed by atoms with Gasteiger partial charge in [-0.05, 0) is 113 Å². The molecule has 1 aliphatic heterocycles. The summed E-state index contributed by atoms with van der Waals surface area (Å²) in [6.45, 7) is 12.6. The molecule has 0 spiro atoms. The molecule has 0 saturated carbocycles. The van der Waals surface area contributed by atoms with Gasteiger partial charge in [0.1, 0.15) is 17.4 Å². The Labute approximate surface area is 315 Å². The van der Waals surface area contributed by atoms with Gasteiger partial charge < -0.3 is 23.8 Å². The van der Waals surface area contributed by atoms with Gasteiger partial charge in [-0.25, -0.2) is 24.0 Å². The number of hydrogen-bond acceptors (Lipinski definition) is 9. The Balaban J connectivity index is 1.26. The molecule has 0 radical (unpaired) electrons. The quantitative estimate of drug-likeness (QED) is 0.109. The van der Waals surface area contributed by atoms with Gasteiger partial charge >= 0.3 is 17.5 Å². The van der Waals surface area contributed by atoms with E-state index in [1.807, 2.05) is 49.9 Å². The second kappa shape index (κ2) is 16.4. The van der Waals surface area contributed by atoms with Crippen molar-refractivity contribution in [3.63, 3.8) is 0 Å². The molecule has 280 valence electrons. The van der Waals surface area contributed by atoms with Gasteiger partial charge in [0.05, 0.1) is 23.6 Å². The van der Waals surface area contributed by atoms with Crippen molar-refractivity contribution in [3.05, 3.63) is 88.1 Å². The zero-order valence-corrected chi connectivity index (χ0v) is 31.9. The highest BCUT2D eigenvalue weighted by Gasteiger charge is 2.31. The Bertz CT molecular complexity index is 1980. The average molecular weight is 743 g/mol. The lowest BCUT2D eigenvalue weighted by Crippen LogP contribution is -2.39. The first kappa shape index (κ1) is 37.8. The minimum Gasteiger partial charge on any atom is -0.486 e. The second-order valence-electron chi connectivity index (χ2n) is 14.0. The van der Waals surface area contributed by atoms with Crippen molar-refractivity contribution < 1.29 is 33.3 Å². The normalized spacial score (nSPS) is 15.8. The van der Waals surface area contributed by atoms with Crippen LogP contribution < -0.4 is 9.47 Å². The van der Waals surface area contributed by atoms with Crippen molar-refractivity contribution >= 4 is 29.1 Å². The lowest BCUT2D eigenvalue weighted by Gasteiger charge is -2.33. The predicted molar refractivity (Wildman–Crippen MR) is 201 cm³/mol. The molecular weight excluding hydrogens is 696 g/mol. The van der Waals surface area contributed by atoms with Crippen LogP contribution in [0.2, 0.25) is 0 Å². The predicted octanol–water partition coefficient (Wildman–Crippen LogP) is 9.15. The molecule has 2 aliphatic rings. The third-order valence-corrected chi connectivity index (χ3v) is 9.81. The van der Waals surface area contributed by atoms with Crippen molar-refractivity contribution in [2.45, 2.75) is 104 Å². The van der Waals surface area contributed by atoms with Crippen LogP contribution >= 0.6 is 11.6 Å². The molecule has 12 heteroatoms. The highest BCUT2D eigenvalue weighted by Crippen LogP contribution is 2.42. The number of carbonyl (C=O) groups is 3. The standard InChI is InChI=1S/C41H47ClN4O7/c1-7-26-23-29(16-17-30(26)27-19-21-45(22-20-27)41(49)51-25(5)6)52-34-18-15-28-11-9-12-31(36(28)34)32-13-10-14-35(43-32)46-33(8-2)37(39(47)50-24(3)4)38(44-46)53-40(42)48/h9-14,16-17,23-25,27,34H,7-8,15,18-22H2,1-6H3/t34-/m0/s1. The zero-order chi connectivity index (χ0) is 37.8. The third-order valence-electron chi connectivity index (χ3n) is 9.73. The van der Waals surface area contributed by atoms with Crippen molar-refractivity contribution in [1.82, 2.24) is 19.7 Å². The van der Waals surface area contributed by atoms with Gasteiger partial charge in [-0.3, -0.25) is 0 Å². The van der Waals surface area contributed by atoms with Gasteiger partial charge in [-0.2, -0.15) is 0 Å². The van der Waals surface area contributed by atoms with Crippen LogP contribution in [-0.4, -0.2) is 62.5 Å². The molecule has 53 heavy (non-hydrogen) atoms. The minimum absolute atomic E-state index is 0.0331. The number of aryl methyl sites for hydroxylation is 2. The first-order chi connectivity index (χ1) is 25.5. The fraction of sp³-hybridized carbons (Fsp3) is 0.439. The van der Waals surface area contributed by atoms with Crippen LogP contribution in [-0.2, 0) is 28.7 Å². The highest BCUT2D eigenvalue weighted by molar-refractivity contribution is 6.61. The molecular formula is C41H47ClN4O7. The molecule has 2 aromatic carbocycles. The number of fused-ring (bicyclic) bond motifs is 1. The summed E-state index contributed by atoms with van der Waals surface area (Å²) in [5.41, 5.74) is 5.92. The minimum atomic E-state index is -1.12. The van der Waals surface area contributed by atoms with Crippen LogP contribution in [0.25, 0.3) is 17.1 Å². The van der Waals surface area contributed by atoms with Crippen LogP contribution in [0.4, 0.5) is 9.59 Å². The van der Waals surface area contributed by atoms with E-state index in [-0.39, 0.29) is 29.7 Å². The van der Waals surface area contributed by atoms with Gasteiger partial charge in [0.2, 0.25) is 0 Å². The molecule has 4 aromatic rings. The number of rotatable bonds is 11. The average Bonchev–Trinajstić information content (AvgIpc) is 3.71. The smallest absolute Gasteiger partial charge is 0.410 e. The molecule has 1 saturated heterocycles. The van der Waals surface area contributed by atoms with Crippen LogP contribution in [0.3, 0.4) is 0 Å². The number of benzene rings is 2. The zero-order valence-electron chi connectivity index (χ0n) is 31.2. The fourth-order valence-electron chi connectivity index (χ4n) is 7.42. The lowest BCUT2D eigenvalue weighted by atomic mass is 9.86. The first-order valence-corrected chi connectivity index (χ1v) is 18.9. The molecule has 6 rings (SSSR count). The molecule has 0 unspecified atom stereocenters. The van der Waals surface area contributed by atoms with E-state index < -0.39 is 17.5 Å². The number of esters is 1. The largest absolute Gasteiger partial charge is 0.486 e. The number of pyridine rings is 1. The van der Waals surface area contributed by atoms with Gasteiger partial charge in [-0.15, -0.1) is 5.10 Å². The van der Waals surface area contributed by atoms with Crippen molar-refractivity contribution in [1.29, 1.82) is 0 Å². The van der Waals surface area contributed by atoms with E-state index in [0.29, 0.717) is 42.6 Å². The molecule has 0 bridgehead atoms. The van der Waals surface area contributed by atoms with Crippen molar-refractivity contribution in [3.8, 4) is 28.7 Å². The number of carbonyl (C=O) groups excluding carboxylic acids is 3. The fourth-order valence-corrected chi connectivity index (χ4v) is 7.49. The number of ether oxygens (including phenoxy) is 4. The molecule has 1 amide bonds. The van der Waals surface area contributed by atoms with Crippen LogP contribution in [0.5, 0.6) is 11.6 Å². The Hall–Kier alpha value is -4.90. The first-order valence-electron chi connectivity index (χ1n) is 18.5. The Kier molecular flexibility index (Phi) is 11.7. The summed E-state index contributed by atoms with van der Waals surface area (Å²) in [6, 6.07) is 18.3. The molecule has 1 aliphatic carbocycles. The van der Waals surface area contributed by atoms with E-state index in [9.17, 15) is 14.4 Å². The number of halogens is 1. The monoisotopic (exact) mass is 742 g/mol. The Morgan fingerprint density at radius 3 is 2.32 bits per heavy atom. The van der Waals surface area contributed by atoms with Crippen LogP contribution in [0.15, 0.2) is 54.6 Å². The van der Waals surface area contributed by atoms with Gasteiger partial charge in [0, 0.05) is 35.8 Å². The Morgan fingerprint density at radius 1 is 0.906 bits per heavy atom. The van der Waals surface area contributed by atoms with E-state index in [4.69, 9.17) is 35.5 Å². The van der Waals surface area contributed by atoms with E-state index in [1.165, 1.54) is 21.4 Å². The molecule has 1 atom stereocenters. The lowest BCUT2D eigenvalue weighted by molar-refractivity contribution is 0.0373. The maximum atomic E-state index is 13.1. The number of hydrogen-bond donors (Lipinski definition) is 0. The van der Waals surface area contributed by atoms with Crippen molar-refractivity contribution in [2.75, 3.05) is 13.1 Å². The van der Waals surface area contributed by atoms with Gasteiger partial charge in [-0.1, -0.05) is 44.2 Å². The third kappa shape index (κ3) is 8.35. The van der Waals surface area contributed by atoms with Crippen LogP contribution in [0.1, 0.15) is 111 Å². The topological polar surface area (TPSA) is 122 Å². The summed E-state index contributed by atoms with van der Waals surface area (Å²) in [5.74, 6) is 0.736. The summed E-state index contributed by atoms with van der Waals surface area (Å²) in [6.07, 6.45) is 3.81. The number of piperidine rings is 1. The van der Waals surface area contributed by atoms with E-state index in [0.717, 1.165) is 49.0 Å². The van der Waals surface area contributed by atoms with Crippen molar-refractivity contribution in [2.24, 2.45) is 0 Å². The van der Waals surface area contributed by atoms with Gasteiger partial charge in [0.15, 0.2) is 5.82 Å². The van der Waals surface area contributed by atoms with E-state index in [2.05, 4.69) is 36.3 Å². The van der Waals surface area contributed by atoms with Crippen LogP contribution in [0, 0.1) is 0 Å². The Morgan fingerprint density at radius 2 is 1.64 bits per heavy atom. The number of nitrogens with zero attached hydrogens (tertiary/aromatic N) is 4. The highest BCUT2D eigenvalue weighted by atomic mass is 35.5.